The summed E-state index contributed by atoms with van der Waals surface area (Å²) in [7, 11) is 1.37. The van der Waals surface area contributed by atoms with Crippen molar-refractivity contribution < 1.29 is 14.3 Å². The standard InChI is InChI=1S/C15H22N2O3/c1-11-4-6-13(7-5-11)15(19)17-9-8-16-12(2)10-14(18)20-3/h4-7,12,16H,8-10H2,1-3H3,(H,17,19). The minimum absolute atomic E-state index is 0.0266. The second-order valence-electron chi connectivity index (χ2n) is 4.76. The minimum atomic E-state index is -0.242. The summed E-state index contributed by atoms with van der Waals surface area (Å²) in [6, 6.07) is 7.45. The average molecular weight is 278 g/mol. The van der Waals surface area contributed by atoms with Gasteiger partial charge in [0.1, 0.15) is 0 Å². The van der Waals surface area contributed by atoms with Gasteiger partial charge in [-0.3, -0.25) is 9.59 Å². The van der Waals surface area contributed by atoms with Crippen molar-refractivity contribution in [1.29, 1.82) is 0 Å². The molecule has 5 heteroatoms. The topological polar surface area (TPSA) is 67.4 Å². The minimum Gasteiger partial charge on any atom is -0.469 e. The van der Waals surface area contributed by atoms with E-state index in [4.69, 9.17) is 0 Å². The number of esters is 1. The molecule has 2 N–H and O–H groups in total. The van der Waals surface area contributed by atoms with Gasteiger partial charge in [0.05, 0.1) is 13.5 Å². The predicted molar refractivity (Wildman–Crippen MR) is 77.6 cm³/mol. The smallest absolute Gasteiger partial charge is 0.307 e. The fraction of sp³-hybridized carbons (Fsp3) is 0.467. The lowest BCUT2D eigenvalue weighted by atomic mass is 10.1. The number of ether oxygens (including phenoxy) is 1. The van der Waals surface area contributed by atoms with E-state index in [0.29, 0.717) is 25.1 Å². The monoisotopic (exact) mass is 278 g/mol. The lowest BCUT2D eigenvalue weighted by molar-refractivity contribution is -0.141. The molecule has 0 radical (unpaired) electrons. The van der Waals surface area contributed by atoms with Crippen molar-refractivity contribution in [3.05, 3.63) is 35.4 Å². The molecule has 0 aliphatic heterocycles. The average Bonchev–Trinajstić information content (AvgIpc) is 2.44. The molecule has 110 valence electrons. The highest BCUT2D eigenvalue weighted by molar-refractivity contribution is 5.94. The Morgan fingerprint density at radius 1 is 1.20 bits per heavy atom. The maximum absolute atomic E-state index is 11.8. The van der Waals surface area contributed by atoms with Crippen LogP contribution >= 0.6 is 0 Å². The van der Waals surface area contributed by atoms with Gasteiger partial charge >= 0.3 is 5.97 Å². The highest BCUT2D eigenvalue weighted by atomic mass is 16.5. The van der Waals surface area contributed by atoms with Crippen LogP contribution in [0.4, 0.5) is 0 Å². The largest absolute Gasteiger partial charge is 0.469 e. The molecule has 0 saturated carbocycles. The number of hydrogen-bond acceptors (Lipinski definition) is 4. The summed E-state index contributed by atoms with van der Waals surface area (Å²) in [6.45, 7) is 5.00. The van der Waals surface area contributed by atoms with Crippen LogP contribution in [0.15, 0.2) is 24.3 Å². The molecule has 0 saturated heterocycles. The first kappa shape index (κ1) is 16.2. The van der Waals surface area contributed by atoms with Crippen LogP contribution in [-0.4, -0.2) is 38.1 Å². The summed E-state index contributed by atoms with van der Waals surface area (Å²) in [5, 5.41) is 5.97. The maximum atomic E-state index is 11.8. The molecule has 1 unspecified atom stereocenters. The van der Waals surface area contributed by atoms with Gasteiger partial charge in [0.25, 0.3) is 5.91 Å². The van der Waals surface area contributed by atoms with Gasteiger partial charge in [0.2, 0.25) is 0 Å². The molecule has 0 aliphatic rings. The second kappa shape index (κ2) is 8.32. The van der Waals surface area contributed by atoms with Gasteiger partial charge in [-0.25, -0.2) is 0 Å². The van der Waals surface area contributed by atoms with Gasteiger partial charge in [-0.05, 0) is 26.0 Å². The van der Waals surface area contributed by atoms with Crippen LogP contribution in [0.5, 0.6) is 0 Å². The van der Waals surface area contributed by atoms with Crippen LogP contribution < -0.4 is 10.6 Å². The summed E-state index contributed by atoms with van der Waals surface area (Å²) >= 11 is 0. The van der Waals surface area contributed by atoms with E-state index in [0.717, 1.165) is 5.56 Å². The van der Waals surface area contributed by atoms with Crippen molar-refractivity contribution in [3.63, 3.8) is 0 Å². The number of methoxy groups -OCH3 is 1. The molecule has 0 aromatic heterocycles. The first-order chi connectivity index (χ1) is 9.52. The van der Waals surface area contributed by atoms with Crippen molar-refractivity contribution in [2.24, 2.45) is 0 Å². The van der Waals surface area contributed by atoms with E-state index in [1.165, 1.54) is 7.11 Å². The maximum Gasteiger partial charge on any atom is 0.307 e. The van der Waals surface area contributed by atoms with Crippen molar-refractivity contribution in [2.75, 3.05) is 20.2 Å². The zero-order valence-electron chi connectivity index (χ0n) is 12.2. The molecule has 1 atom stereocenters. The van der Waals surface area contributed by atoms with E-state index in [-0.39, 0.29) is 17.9 Å². The lowest BCUT2D eigenvalue weighted by Crippen LogP contribution is -2.36. The lowest BCUT2D eigenvalue weighted by Gasteiger charge is -2.12. The zero-order chi connectivity index (χ0) is 15.0. The fourth-order valence-electron chi connectivity index (χ4n) is 1.71. The Balaban J connectivity index is 2.22. The second-order valence-corrected chi connectivity index (χ2v) is 4.76. The number of carbonyl (C=O) groups excluding carboxylic acids is 2. The van der Waals surface area contributed by atoms with Gasteiger partial charge in [0, 0.05) is 24.7 Å². The number of rotatable bonds is 7. The van der Waals surface area contributed by atoms with E-state index in [1.807, 2.05) is 26.0 Å². The summed E-state index contributed by atoms with van der Waals surface area (Å²) in [5.74, 6) is -0.332. The third kappa shape index (κ3) is 5.84. The van der Waals surface area contributed by atoms with E-state index < -0.39 is 0 Å². The first-order valence-corrected chi connectivity index (χ1v) is 6.68. The summed E-state index contributed by atoms with van der Waals surface area (Å²) in [4.78, 5) is 22.9. The molecule has 0 heterocycles. The van der Waals surface area contributed by atoms with Crippen molar-refractivity contribution in [3.8, 4) is 0 Å². The Morgan fingerprint density at radius 3 is 2.45 bits per heavy atom. The highest BCUT2D eigenvalue weighted by Gasteiger charge is 2.08. The van der Waals surface area contributed by atoms with Gasteiger partial charge in [-0.15, -0.1) is 0 Å². The number of benzene rings is 1. The number of nitrogens with one attached hydrogen (secondary N) is 2. The van der Waals surface area contributed by atoms with Gasteiger partial charge in [-0.2, -0.15) is 0 Å². The molecule has 0 spiro atoms. The van der Waals surface area contributed by atoms with E-state index in [9.17, 15) is 9.59 Å². The van der Waals surface area contributed by atoms with Crippen LogP contribution in [0.3, 0.4) is 0 Å². The summed E-state index contributed by atoms with van der Waals surface area (Å²) in [5.41, 5.74) is 1.78. The van der Waals surface area contributed by atoms with Gasteiger partial charge < -0.3 is 15.4 Å². The van der Waals surface area contributed by atoms with Crippen LogP contribution in [0.25, 0.3) is 0 Å². The molecule has 0 fully saturated rings. The zero-order valence-corrected chi connectivity index (χ0v) is 12.2. The SMILES string of the molecule is COC(=O)CC(C)NCCNC(=O)c1ccc(C)cc1. The molecular formula is C15H22N2O3. The molecule has 1 rings (SSSR count). The highest BCUT2D eigenvalue weighted by Crippen LogP contribution is 2.02. The van der Waals surface area contributed by atoms with Crippen LogP contribution in [0.2, 0.25) is 0 Å². The molecule has 1 aromatic carbocycles. The van der Waals surface area contributed by atoms with E-state index in [1.54, 1.807) is 12.1 Å². The molecule has 20 heavy (non-hydrogen) atoms. The van der Waals surface area contributed by atoms with Crippen molar-refractivity contribution >= 4 is 11.9 Å². The molecule has 1 amide bonds. The molecule has 1 aromatic rings. The number of amides is 1. The third-order valence-electron chi connectivity index (χ3n) is 2.92. The van der Waals surface area contributed by atoms with Crippen molar-refractivity contribution in [2.45, 2.75) is 26.3 Å². The predicted octanol–water partition coefficient (Wildman–Crippen LogP) is 1.27. The van der Waals surface area contributed by atoms with Crippen LogP contribution in [-0.2, 0) is 9.53 Å². The van der Waals surface area contributed by atoms with Gasteiger partial charge in [-0.1, -0.05) is 17.7 Å². The molecule has 0 aliphatic carbocycles. The normalized spacial score (nSPS) is 11.8. The Hall–Kier alpha value is -1.88. The Bertz CT molecular complexity index is 443. The number of aryl methyl sites for hydroxylation is 1. The summed E-state index contributed by atoms with van der Waals surface area (Å²) in [6.07, 6.45) is 0.322. The Morgan fingerprint density at radius 2 is 1.85 bits per heavy atom. The fourth-order valence-corrected chi connectivity index (χ4v) is 1.71. The third-order valence-corrected chi connectivity index (χ3v) is 2.92. The van der Waals surface area contributed by atoms with Gasteiger partial charge in [0.15, 0.2) is 0 Å². The summed E-state index contributed by atoms with van der Waals surface area (Å²) < 4.78 is 4.58. The Labute approximate surface area is 119 Å². The Kier molecular flexibility index (Phi) is 6.73. The van der Waals surface area contributed by atoms with E-state index >= 15 is 0 Å². The van der Waals surface area contributed by atoms with Crippen LogP contribution in [0, 0.1) is 6.92 Å². The van der Waals surface area contributed by atoms with Crippen LogP contribution in [0.1, 0.15) is 29.3 Å². The number of hydrogen-bond donors (Lipinski definition) is 2. The first-order valence-electron chi connectivity index (χ1n) is 6.68. The molecule has 0 bridgehead atoms. The van der Waals surface area contributed by atoms with E-state index in [2.05, 4.69) is 15.4 Å². The quantitative estimate of drug-likeness (QED) is 0.582. The molecule has 5 nitrogen and oxygen atoms in total. The van der Waals surface area contributed by atoms with Crippen molar-refractivity contribution in [1.82, 2.24) is 10.6 Å². The molecular weight excluding hydrogens is 256 g/mol. The number of carbonyl (C=O) groups is 2.